The maximum atomic E-state index is 13.8. The fourth-order valence-electron chi connectivity index (χ4n) is 2.81. The molecule has 0 spiro atoms. The number of carbonyl (C=O) groups excluding carboxylic acids is 1. The number of anilines is 1. The van der Waals surface area contributed by atoms with E-state index < -0.39 is 5.82 Å². The number of ether oxygens (including phenoxy) is 1. The minimum absolute atomic E-state index is 0.181. The fourth-order valence-corrected chi connectivity index (χ4v) is 2.81. The van der Waals surface area contributed by atoms with Gasteiger partial charge in [-0.3, -0.25) is 9.69 Å². The number of rotatable bonds is 5. The number of halogens is 1. The number of nitrogens with one attached hydrogen (secondary N) is 1. The number of benzene rings is 1. The van der Waals surface area contributed by atoms with Crippen LogP contribution in [0.25, 0.3) is 0 Å². The topological polar surface area (TPSA) is 41.6 Å². The predicted octanol–water partition coefficient (Wildman–Crippen LogP) is 2.96. The molecule has 0 radical (unpaired) electrons. The van der Waals surface area contributed by atoms with Gasteiger partial charge in [0.1, 0.15) is 5.82 Å². The summed E-state index contributed by atoms with van der Waals surface area (Å²) in [6.45, 7) is 7.96. The molecule has 1 aliphatic heterocycles. The molecule has 1 amide bonds. The van der Waals surface area contributed by atoms with E-state index in [0.29, 0.717) is 6.61 Å². The number of aryl methyl sites for hydroxylation is 1. The van der Waals surface area contributed by atoms with Gasteiger partial charge in [0.15, 0.2) is 0 Å². The lowest BCUT2D eigenvalue weighted by Crippen LogP contribution is -2.49. The number of piperidine rings is 1. The van der Waals surface area contributed by atoms with E-state index in [1.54, 1.807) is 12.1 Å². The van der Waals surface area contributed by atoms with Crippen molar-refractivity contribution in [3.8, 4) is 0 Å². The van der Waals surface area contributed by atoms with Gasteiger partial charge in [-0.25, -0.2) is 4.39 Å². The number of nitrogens with zero attached hydrogens (tertiary/aromatic N) is 1. The summed E-state index contributed by atoms with van der Waals surface area (Å²) in [5.74, 6) is -0.578. The highest BCUT2D eigenvalue weighted by molar-refractivity contribution is 5.94. The van der Waals surface area contributed by atoms with Crippen LogP contribution in [0.3, 0.4) is 0 Å². The van der Waals surface area contributed by atoms with Crippen LogP contribution in [0.1, 0.15) is 32.3 Å². The zero-order valence-electron chi connectivity index (χ0n) is 13.6. The standard InChI is InChI=1S/C17H25FN2O2/c1-4-22-14-6-5-9-20(11-14)13(3)17(21)19-16-8-7-12(2)10-15(16)18/h7-8,10,13-14H,4-6,9,11H2,1-3H3,(H,19,21). The average molecular weight is 308 g/mol. The van der Waals surface area contributed by atoms with E-state index in [1.165, 1.54) is 6.07 Å². The SMILES string of the molecule is CCOC1CCCN(C(C)C(=O)Nc2ccc(C)cc2F)C1. The van der Waals surface area contributed by atoms with Crippen molar-refractivity contribution in [3.05, 3.63) is 29.6 Å². The van der Waals surface area contributed by atoms with Crippen LogP contribution >= 0.6 is 0 Å². The van der Waals surface area contributed by atoms with Crippen LogP contribution in [0.5, 0.6) is 0 Å². The summed E-state index contributed by atoms with van der Waals surface area (Å²) < 4.78 is 19.5. The molecule has 4 nitrogen and oxygen atoms in total. The average Bonchev–Trinajstić information content (AvgIpc) is 2.50. The van der Waals surface area contributed by atoms with Gasteiger partial charge in [0.05, 0.1) is 17.8 Å². The fraction of sp³-hybridized carbons (Fsp3) is 0.588. The minimum atomic E-state index is -0.397. The van der Waals surface area contributed by atoms with Crippen molar-refractivity contribution in [2.24, 2.45) is 0 Å². The van der Waals surface area contributed by atoms with Crippen molar-refractivity contribution in [3.63, 3.8) is 0 Å². The maximum Gasteiger partial charge on any atom is 0.241 e. The van der Waals surface area contributed by atoms with Crippen LogP contribution in [0, 0.1) is 12.7 Å². The number of hydrogen-bond donors (Lipinski definition) is 1. The van der Waals surface area contributed by atoms with Gasteiger partial charge < -0.3 is 10.1 Å². The Morgan fingerprint density at radius 3 is 3.00 bits per heavy atom. The van der Waals surface area contributed by atoms with Crippen molar-refractivity contribution >= 4 is 11.6 Å². The third kappa shape index (κ3) is 4.27. The summed E-state index contributed by atoms with van der Waals surface area (Å²) in [4.78, 5) is 14.5. The molecule has 2 rings (SSSR count). The van der Waals surface area contributed by atoms with Crippen molar-refractivity contribution < 1.29 is 13.9 Å². The summed E-state index contributed by atoms with van der Waals surface area (Å²) in [5, 5.41) is 2.68. The van der Waals surface area contributed by atoms with Gasteiger partial charge in [-0.15, -0.1) is 0 Å². The molecule has 1 aliphatic rings. The molecule has 0 aliphatic carbocycles. The number of carbonyl (C=O) groups is 1. The minimum Gasteiger partial charge on any atom is -0.377 e. The van der Waals surface area contributed by atoms with Crippen LogP contribution in [0.15, 0.2) is 18.2 Å². The smallest absolute Gasteiger partial charge is 0.241 e. The monoisotopic (exact) mass is 308 g/mol. The normalized spacial score (nSPS) is 20.6. The lowest BCUT2D eigenvalue weighted by molar-refractivity contribution is -0.122. The first-order chi connectivity index (χ1) is 10.5. The highest BCUT2D eigenvalue weighted by Gasteiger charge is 2.27. The van der Waals surface area contributed by atoms with Crippen LogP contribution in [0.4, 0.5) is 10.1 Å². The van der Waals surface area contributed by atoms with Gasteiger partial charge in [0, 0.05) is 13.2 Å². The third-order valence-electron chi connectivity index (χ3n) is 4.12. The van der Waals surface area contributed by atoms with Crippen molar-refractivity contribution in [1.29, 1.82) is 0 Å². The Morgan fingerprint density at radius 2 is 2.32 bits per heavy atom. The lowest BCUT2D eigenvalue weighted by atomic mass is 10.1. The van der Waals surface area contributed by atoms with Crippen molar-refractivity contribution in [1.82, 2.24) is 4.90 Å². The van der Waals surface area contributed by atoms with Crippen LogP contribution < -0.4 is 5.32 Å². The van der Waals surface area contributed by atoms with Crippen LogP contribution in [-0.2, 0) is 9.53 Å². The van der Waals surface area contributed by atoms with Crippen LogP contribution in [0.2, 0.25) is 0 Å². The third-order valence-corrected chi connectivity index (χ3v) is 4.12. The van der Waals surface area contributed by atoms with Gasteiger partial charge >= 0.3 is 0 Å². The first-order valence-electron chi connectivity index (χ1n) is 7.94. The van der Waals surface area contributed by atoms with E-state index in [2.05, 4.69) is 10.2 Å². The van der Waals surface area contributed by atoms with Gasteiger partial charge in [-0.2, -0.15) is 0 Å². The molecule has 1 aromatic carbocycles. The van der Waals surface area contributed by atoms with E-state index in [-0.39, 0.29) is 23.7 Å². The van der Waals surface area contributed by atoms with Crippen molar-refractivity contribution in [2.45, 2.75) is 45.8 Å². The molecule has 1 N–H and O–H groups in total. The highest BCUT2D eigenvalue weighted by Crippen LogP contribution is 2.19. The molecule has 0 aromatic heterocycles. The number of hydrogen-bond acceptors (Lipinski definition) is 3. The van der Waals surface area contributed by atoms with E-state index in [4.69, 9.17) is 4.74 Å². The zero-order valence-corrected chi connectivity index (χ0v) is 13.6. The Balaban J connectivity index is 1.96. The zero-order chi connectivity index (χ0) is 16.1. The highest BCUT2D eigenvalue weighted by atomic mass is 19.1. The van der Waals surface area contributed by atoms with Gasteiger partial charge in [0.2, 0.25) is 5.91 Å². The molecule has 5 heteroatoms. The summed E-state index contributed by atoms with van der Waals surface area (Å²) in [7, 11) is 0. The number of amides is 1. The van der Waals surface area contributed by atoms with E-state index in [1.807, 2.05) is 20.8 Å². The molecular weight excluding hydrogens is 283 g/mol. The second kappa shape index (κ2) is 7.70. The molecule has 1 heterocycles. The molecular formula is C17H25FN2O2. The molecule has 1 aromatic rings. The predicted molar refractivity (Wildman–Crippen MR) is 85.4 cm³/mol. The summed E-state index contributed by atoms with van der Waals surface area (Å²) in [6, 6.07) is 4.51. The number of likely N-dealkylation sites (tertiary alicyclic amines) is 1. The summed E-state index contributed by atoms with van der Waals surface area (Å²) >= 11 is 0. The molecule has 22 heavy (non-hydrogen) atoms. The Morgan fingerprint density at radius 1 is 1.55 bits per heavy atom. The Hall–Kier alpha value is -1.46. The van der Waals surface area contributed by atoms with Gasteiger partial charge in [-0.1, -0.05) is 6.07 Å². The first kappa shape index (κ1) is 16.9. The van der Waals surface area contributed by atoms with E-state index in [9.17, 15) is 9.18 Å². The summed E-state index contributed by atoms with van der Waals surface area (Å²) in [6.07, 6.45) is 2.23. The largest absolute Gasteiger partial charge is 0.377 e. The molecule has 1 fully saturated rings. The molecule has 1 saturated heterocycles. The van der Waals surface area contributed by atoms with Crippen molar-refractivity contribution in [2.75, 3.05) is 25.0 Å². The Bertz CT molecular complexity index is 519. The molecule has 2 unspecified atom stereocenters. The quantitative estimate of drug-likeness (QED) is 0.909. The molecule has 2 atom stereocenters. The Kier molecular flexibility index (Phi) is 5.91. The second-order valence-electron chi connectivity index (χ2n) is 5.86. The first-order valence-corrected chi connectivity index (χ1v) is 7.94. The Labute approximate surface area is 131 Å². The van der Waals surface area contributed by atoms with E-state index in [0.717, 1.165) is 31.5 Å². The van der Waals surface area contributed by atoms with Gasteiger partial charge in [-0.05, 0) is 57.9 Å². The van der Waals surface area contributed by atoms with E-state index >= 15 is 0 Å². The molecule has 0 bridgehead atoms. The lowest BCUT2D eigenvalue weighted by Gasteiger charge is -2.35. The van der Waals surface area contributed by atoms with Gasteiger partial charge in [0.25, 0.3) is 0 Å². The van der Waals surface area contributed by atoms with Crippen LogP contribution in [-0.4, -0.2) is 42.6 Å². The molecule has 122 valence electrons. The second-order valence-corrected chi connectivity index (χ2v) is 5.86. The maximum absolute atomic E-state index is 13.8. The summed E-state index contributed by atoms with van der Waals surface area (Å²) in [5.41, 5.74) is 1.07. The molecule has 0 saturated carbocycles.